The fraction of sp³-hybridized carbons (Fsp3) is 0.500. The van der Waals surface area contributed by atoms with Crippen molar-refractivity contribution in [2.24, 2.45) is 7.05 Å². The minimum absolute atomic E-state index is 0.100. The Balaban J connectivity index is 1.46. The molecule has 144 valence electrons. The Morgan fingerprint density at radius 2 is 1.89 bits per heavy atom. The summed E-state index contributed by atoms with van der Waals surface area (Å²) in [7, 11) is 1.90. The van der Waals surface area contributed by atoms with Crippen molar-refractivity contribution < 1.29 is 19.0 Å². The number of rotatable bonds is 4. The van der Waals surface area contributed by atoms with E-state index in [-0.39, 0.29) is 5.91 Å². The molecule has 1 aromatic heterocycles. The summed E-state index contributed by atoms with van der Waals surface area (Å²) >= 11 is 1.40. The normalized spacial score (nSPS) is 16.9. The molecule has 2 aromatic rings. The molecule has 0 bridgehead atoms. The zero-order chi connectivity index (χ0) is 18.6. The van der Waals surface area contributed by atoms with Gasteiger partial charge in [-0.2, -0.15) is 0 Å². The van der Waals surface area contributed by atoms with Gasteiger partial charge in [-0.15, -0.1) is 10.2 Å². The van der Waals surface area contributed by atoms with E-state index in [1.165, 1.54) is 11.8 Å². The molecule has 8 nitrogen and oxygen atoms in total. The van der Waals surface area contributed by atoms with Gasteiger partial charge in [-0.25, -0.2) is 0 Å². The summed E-state index contributed by atoms with van der Waals surface area (Å²) in [6.45, 7) is 3.82. The maximum absolute atomic E-state index is 12.3. The van der Waals surface area contributed by atoms with E-state index in [4.69, 9.17) is 14.2 Å². The van der Waals surface area contributed by atoms with E-state index in [2.05, 4.69) is 10.2 Å². The van der Waals surface area contributed by atoms with Crippen molar-refractivity contribution in [3.63, 3.8) is 0 Å². The average Bonchev–Trinajstić information content (AvgIpc) is 2.91. The van der Waals surface area contributed by atoms with E-state index >= 15 is 0 Å². The number of nitrogens with zero attached hydrogens (tertiary/aromatic N) is 4. The second-order valence-electron chi connectivity index (χ2n) is 6.36. The summed E-state index contributed by atoms with van der Waals surface area (Å²) in [5.41, 5.74) is 0.903. The van der Waals surface area contributed by atoms with E-state index in [0.717, 1.165) is 29.3 Å². The van der Waals surface area contributed by atoms with Gasteiger partial charge in [-0.3, -0.25) is 4.79 Å². The Morgan fingerprint density at radius 3 is 2.70 bits per heavy atom. The van der Waals surface area contributed by atoms with Crippen LogP contribution in [0.3, 0.4) is 0 Å². The predicted octanol–water partition coefficient (Wildman–Crippen LogP) is 1.59. The number of hydrogen-bond donors (Lipinski definition) is 0. The Morgan fingerprint density at radius 1 is 1.11 bits per heavy atom. The lowest BCUT2D eigenvalue weighted by Crippen LogP contribution is -2.41. The fourth-order valence-corrected chi connectivity index (χ4v) is 3.84. The maximum atomic E-state index is 12.3. The third kappa shape index (κ3) is 4.03. The van der Waals surface area contributed by atoms with Crippen molar-refractivity contribution in [3.8, 4) is 22.9 Å². The zero-order valence-corrected chi connectivity index (χ0v) is 16.0. The van der Waals surface area contributed by atoms with Crippen LogP contribution in [0.5, 0.6) is 11.5 Å². The highest BCUT2D eigenvalue weighted by Crippen LogP contribution is 2.34. The van der Waals surface area contributed by atoms with Crippen LogP contribution in [0, 0.1) is 0 Å². The summed E-state index contributed by atoms with van der Waals surface area (Å²) in [6.07, 6.45) is 0.867. The first-order valence-corrected chi connectivity index (χ1v) is 9.98. The monoisotopic (exact) mass is 390 g/mol. The molecule has 0 radical (unpaired) electrons. The van der Waals surface area contributed by atoms with Gasteiger partial charge in [0.25, 0.3) is 0 Å². The maximum Gasteiger partial charge on any atom is 0.233 e. The van der Waals surface area contributed by atoms with E-state index in [1.54, 1.807) is 0 Å². The molecule has 27 heavy (non-hydrogen) atoms. The fourth-order valence-electron chi connectivity index (χ4n) is 3.02. The van der Waals surface area contributed by atoms with Gasteiger partial charge in [0, 0.05) is 32.1 Å². The number of benzene rings is 1. The Kier molecular flexibility index (Phi) is 5.49. The minimum Gasteiger partial charge on any atom is -0.490 e. The number of aromatic nitrogens is 3. The van der Waals surface area contributed by atoms with Crippen molar-refractivity contribution in [2.75, 3.05) is 45.3 Å². The van der Waals surface area contributed by atoms with Crippen molar-refractivity contribution in [2.45, 2.75) is 11.6 Å². The van der Waals surface area contributed by atoms with E-state index in [1.807, 2.05) is 34.7 Å². The number of carbonyl (C=O) groups excluding carboxylic acids is 1. The lowest BCUT2D eigenvalue weighted by molar-refractivity contribution is -0.132. The molecule has 4 rings (SSSR count). The number of amides is 1. The first-order chi connectivity index (χ1) is 13.2. The molecule has 1 aromatic carbocycles. The molecule has 3 heterocycles. The molecular weight excluding hydrogens is 368 g/mol. The van der Waals surface area contributed by atoms with Gasteiger partial charge in [-0.05, 0) is 18.2 Å². The quantitative estimate of drug-likeness (QED) is 0.734. The molecule has 0 spiro atoms. The molecule has 0 unspecified atom stereocenters. The van der Waals surface area contributed by atoms with Crippen molar-refractivity contribution in [1.82, 2.24) is 19.7 Å². The largest absolute Gasteiger partial charge is 0.490 e. The van der Waals surface area contributed by atoms with E-state index < -0.39 is 0 Å². The van der Waals surface area contributed by atoms with Gasteiger partial charge in [0.2, 0.25) is 5.91 Å². The topological polar surface area (TPSA) is 78.7 Å². The third-order valence-corrected chi connectivity index (χ3v) is 5.53. The van der Waals surface area contributed by atoms with Crippen LogP contribution in [0.25, 0.3) is 11.4 Å². The molecule has 2 aliphatic heterocycles. The second-order valence-corrected chi connectivity index (χ2v) is 7.30. The average molecular weight is 390 g/mol. The SMILES string of the molecule is Cn1c(SCC(=O)N2CCOCC2)nnc1-c1ccc2c(c1)OCCCO2. The Labute approximate surface area is 161 Å². The van der Waals surface area contributed by atoms with Gasteiger partial charge in [0.15, 0.2) is 22.5 Å². The van der Waals surface area contributed by atoms with Crippen LogP contribution in [-0.4, -0.2) is 70.8 Å². The Bertz CT molecular complexity index is 820. The lowest BCUT2D eigenvalue weighted by Gasteiger charge is -2.26. The molecular formula is C18H22N4O4S. The van der Waals surface area contributed by atoms with Crippen LogP contribution >= 0.6 is 11.8 Å². The second kappa shape index (κ2) is 8.18. The van der Waals surface area contributed by atoms with Crippen LogP contribution in [-0.2, 0) is 16.6 Å². The van der Waals surface area contributed by atoms with Crippen LogP contribution in [0.2, 0.25) is 0 Å². The highest BCUT2D eigenvalue weighted by molar-refractivity contribution is 7.99. The van der Waals surface area contributed by atoms with Crippen LogP contribution in [0.15, 0.2) is 23.4 Å². The molecule has 2 aliphatic rings. The molecule has 1 saturated heterocycles. The molecule has 0 saturated carbocycles. The highest BCUT2D eigenvalue weighted by atomic mass is 32.2. The van der Waals surface area contributed by atoms with E-state index in [0.29, 0.717) is 50.4 Å². The number of thioether (sulfide) groups is 1. The molecule has 0 atom stereocenters. The van der Waals surface area contributed by atoms with Crippen LogP contribution < -0.4 is 9.47 Å². The number of morpholine rings is 1. The first-order valence-electron chi connectivity index (χ1n) is 9.00. The number of fused-ring (bicyclic) bond motifs is 1. The standard InChI is InChI=1S/C18H22N4O4S/c1-21-17(13-3-4-14-15(11-13)26-8-2-7-25-14)19-20-18(21)27-12-16(23)22-5-9-24-10-6-22/h3-4,11H,2,5-10,12H2,1H3. The number of carbonyl (C=O) groups is 1. The first kappa shape index (κ1) is 18.1. The molecule has 1 amide bonds. The van der Waals surface area contributed by atoms with Gasteiger partial charge in [0.05, 0.1) is 32.2 Å². The Hall–Kier alpha value is -2.26. The van der Waals surface area contributed by atoms with Gasteiger partial charge < -0.3 is 23.7 Å². The summed E-state index contributed by atoms with van der Waals surface area (Å²) in [6, 6.07) is 5.78. The molecule has 0 aliphatic carbocycles. The van der Waals surface area contributed by atoms with Crippen molar-refractivity contribution >= 4 is 17.7 Å². The van der Waals surface area contributed by atoms with Crippen molar-refractivity contribution in [3.05, 3.63) is 18.2 Å². The molecule has 1 fully saturated rings. The molecule has 9 heteroatoms. The zero-order valence-electron chi connectivity index (χ0n) is 15.2. The number of hydrogen-bond acceptors (Lipinski definition) is 7. The third-order valence-electron chi connectivity index (χ3n) is 4.53. The summed E-state index contributed by atoms with van der Waals surface area (Å²) < 4.78 is 18.6. The summed E-state index contributed by atoms with van der Waals surface area (Å²) in [5, 5.41) is 9.26. The van der Waals surface area contributed by atoms with Crippen molar-refractivity contribution in [1.29, 1.82) is 0 Å². The number of ether oxygens (including phenoxy) is 3. The van der Waals surface area contributed by atoms with Crippen LogP contribution in [0.4, 0.5) is 0 Å². The highest BCUT2D eigenvalue weighted by Gasteiger charge is 2.20. The van der Waals surface area contributed by atoms with Gasteiger partial charge in [0.1, 0.15) is 0 Å². The lowest BCUT2D eigenvalue weighted by atomic mass is 10.2. The smallest absolute Gasteiger partial charge is 0.233 e. The van der Waals surface area contributed by atoms with Gasteiger partial charge >= 0.3 is 0 Å². The minimum atomic E-state index is 0.100. The summed E-state index contributed by atoms with van der Waals surface area (Å²) in [5.74, 6) is 2.65. The summed E-state index contributed by atoms with van der Waals surface area (Å²) in [4.78, 5) is 14.1. The predicted molar refractivity (Wildman–Crippen MR) is 100 cm³/mol. The van der Waals surface area contributed by atoms with Gasteiger partial charge in [-0.1, -0.05) is 11.8 Å². The van der Waals surface area contributed by atoms with Crippen LogP contribution in [0.1, 0.15) is 6.42 Å². The molecule has 0 N–H and O–H groups in total. The van der Waals surface area contributed by atoms with E-state index in [9.17, 15) is 4.79 Å².